The zero-order chi connectivity index (χ0) is 20.3. The third-order valence-corrected chi connectivity index (χ3v) is 3.76. The van der Waals surface area contributed by atoms with E-state index in [9.17, 15) is 24.0 Å². The van der Waals surface area contributed by atoms with Crippen molar-refractivity contribution in [3.8, 4) is 0 Å². The SMILES string of the molecule is CC(=O)OC[C@H]1O[C@@H](n2cc(C)c(=O)[nH]c2=O)C(OC(C)=O)[C@H]1OC(C)=O. The first-order valence-corrected chi connectivity index (χ1v) is 8.05. The van der Waals surface area contributed by atoms with Crippen molar-refractivity contribution in [1.82, 2.24) is 9.55 Å². The molecule has 1 aromatic rings. The molecule has 4 atom stereocenters. The Labute approximate surface area is 153 Å². The number of carbonyl (C=O) groups is 3. The summed E-state index contributed by atoms with van der Waals surface area (Å²) in [6, 6.07) is 0. The van der Waals surface area contributed by atoms with Crippen LogP contribution < -0.4 is 11.2 Å². The van der Waals surface area contributed by atoms with Crippen LogP contribution in [0.2, 0.25) is 0 Å². The van der Waals surface area contributed by atoms with Crippen molar-refractivity contribution in [2.75, 3.05) is 6.61 Å². The maximum absolute atomic E-state index is 12.2. The van der Waals surface area contributed by atoms with Gasteiger partial charge < -0.3 is 18.9 Å². The number of rotatable bonds is 5. The highest BCUT2D eigenvalue weighted by atomic mass is 16.7. The fraction of sp³-hybridized carbons (Fsp3) is 0.562. The average molecular weight is 384 g/mol. The van der Waals surface area contributed by atoms with Gasteiger partial charge in [-0.3, -0.25) is 28.7 Å². The fourth-order valence-electron chi connectivity index (χ4n) is 2.69. The van der Waals surface area contributed by atoms with E-state index in [2.05, 4.69) is 4.98 Å². The number of nitrogens with zero attached hydrogens (tertiary/aromatic N) is 1. The molecule has 11 heteroatoms. The van der Waals surface area contributed by atoms with Gasteiger partial charge in [0.15, 0.2) is 18.4 Å². The van der Waals surface area contributed by atoms with Crippen LogP contribution in [0.15, 0.2) is 15.8 Å². The van der Waals surface area contributed by atoms with Crippen LogP contribution in [0.1, 0.15) is 32.6 Å². The molecular weight excluding hydrogens is 364 g/mol. The lowest BCUT2D eigenvalue weighted by Crippen LogP contribution is -2.42. The van der Waals surface area contributed by atoms with Crippen LogP contribution in [-0.2, 0) is 33.3 Å². The average Bonchev–Trinajstić information content (AvgIpc) is 2.85. The Morgan fingerprint density at radius 1 is 1.07 bits per heavy atom. The molecule has 2 heterocycles. The summed E-state index contributed by atoms with van der Waals surface area (Å²) in [6.45, 7) is 4.66. The van der Waals surface area contributed by atoms with Crippen molar-refractivity contribution in [2.45, 2.75) is 52.2 Å². The predicted octanol–water partition coefficient (Wildman–Crippen LogP) is -0.831. The molecule has 2 rings (SSSR count). The predicted molar refractivity (Wildman–Crippen MR) is 87.7 cm³/mol. The van der Waals surface area contributed by atoms with Gasteiger partial charge in [-0.2, -0.15) is 0 Å². The van der Waals surface area contributed by atoms with E-state index in [0.717, 1.165) is 18.4 Å². The molecule has 0 aromatic carbocycles. The third kappa shape index (κ3) is 4.82. The molecule has 27 heavy (non-hydrogen) atoms. The highest BCUT2D eigenvalue weighted by Crippen LogP contribution is 2.33. The molecule has 1 saturated heterocycles. The summed E-state index contributed by atoms with van der Waals surface area (Å²) in [7, 11) is 0. The van der Waals surface area contributed by atoms with Crippen LogP contribution in [0.5, 0.6) is 0 Å². The number of carbonyl (C=O) groups excluding carboxylic acids is 3. The molecule has 0 spiro atoms. The van der Waals surface area contributed by atoms with E-state index < -0.39 is 53.7 Å². The van der Waals surface area contributed by atoms with Crippen molar-refractivity contribution < 1.29 is 33.3 Å². The maximum Gasteiger partial charge on any atom is 0.330 e. The molecule has 0 amide bonds. The lowest BCUT2D eigenvalue weighted by Gasteiger charge is -2.24. The van der Waals surface area contributed by atoms with Gasteiger partial charge in [0.2, 0.25) is 0 Å². The normalized spacial score (nSPS) is 24.3. The molecule has 1 fully saturated rings. The minimum Gasteiger partial charge on any atom is -0.463 e. The lowest BCUT2D eigenvalue weighted by molar-refractivity contribution is -0.166. The largest absolute Gasteiger partial charge is 0.463 e. The van der Waals surface area contributed by atoms with E-state index in [4.69, 9.17) is 18.9 Å². The molecule has 0 radical (unpaired) electrons. The summed E-state index contributed by atoms with van der Waals surface area (Å²) in [5.41, 5.74) is -1.17. The number of aryl methyl sites for hydroxylation is 1. The monoisotopic (exact) mass is 384 g/mol. The van der Waals surface area contributed by atoms with E-state index in [1.807, 2.05) is 0 Å². The second-order valence-electron chi connectivity index (χ2n) is 5.99. The van der Waals surface area contributed by atoms with Crippen molar-refractivity contribution in [3.63, 3.8) is 0 Å². The second kappa shape index (κ2) is 8.16. The fourth-order valence-corrected chi connectivity index (χ4v) is 2.69. The Balaban J connectivity index is 2.47. The maximum atomic E-state index is 12.2. The number of hydrogen-bond acceptors (Lipinski definition) is 9. The van der Waals surface area contributed by atoms with Gasteiger partial charge in [0.05, 0.1) is 0 Å². The number of H-pyrrole nitrogens is 1. The van der Waals surface area contributed by atoms with Gasteiger partial charge >= 0.3 is 23.6 Å². The smallest absolute Gasteiger partial charge is 0.330 e. The Kier molecular flexibility index (Phi) is 6.16. The zero-order valence-electron chi connectivity index (χ0n) is 15.2. The van der Waals surface area contributed by atoms with Gasteiger partial charge in [-0.15, -0.1) is 0 Å². The summed E-state index contributed by atoms with van der Waals surface area (Å²) in [5, 5.41) is 0. The quantitative estimate of drug-likeness (QED) is 0.508. The Morgan fingerprint density at radius 3 is 2.22 bits per heavy atom. The van der Waals surface area contributed by atoms with Gasteiger partial charge in [-0.05, 0) is 6.92 Å². The second-order valence-corrected chi connectivity index (χ2v) is 5.99. The minimum absolute atomic E-state index is 0.215. The highest BCUT2D eigenvalue weighted by molar-refractivity contribution is 5.67. The molecular formula is C16H20N2O9. The van der Waals surface area contributed by atoms with Crippen LogP contribution in [0.4, 0.5) is 0 Å². The number of aromatic amines is 1. The number of ether oxygens (including phenoxy) is 4. The molecule has 0 bridgehead atoms. The molecule has 1 aromatic heterocycles. The highest BCUT2D eigenvalue weighted by Gasteiger charge is 2.50. The van der Waals surface area contributed by atoms with E-state index in [-0.39, 0.29) is 12.2 Å². The summed E-state index contributed by atoms with van der Waals surface area (Å²) in [5.74, 6) is -1.97. The van der Waals surface area contributed by atoms with Gasteiger partial charge in [-0.1, -0.05) is 0 Å². The van der Waals surface area contributed by atoms with E-state index in [1.54, 1.807) is 0 Å². The molecule has 148 valence electrons. The van der Waals surface area contributed by atoms with Gasteiger partial charge in [-0.25, -0.2) is 4.79 Å². The van der Waals surface area contributed by atoms with Crippen molar-refractivity contribution >= 4 is 17.9 Å². The molecule has 1 unspecified atom stereocenters. The summed E-state index contributed by atoms with van der Waals surface area (Å²) in [4.78, 5) is 60.0. The molecule has 1 aliphatic heterocycles. The third-order valence-electron chi connectivity index (χ3n) is 3.76. The molecule has 0 saturated carbocycles. The molecule has 0 aliphatic carbocycles. The first kappa shape index (κ1) is 20.4. The molecule has 1 N–H and O–H groups in total. The van der Waals surface area contributed by atoms with Gasteiger partial charge in [0.1, 0.15) is 12.7 Å². The van der Waals surface area contributed by atoms with E-state index in [0.29, 0.717) is 0 Å². The Hall–Kier alpha value is -2.95. The molecule has 1 aliphatic rings. The van der Waals surface area contributed by atoms with E-state index in [1.165, 1.54) is 20.0 Å². The first-order valence-electron chi connectivity index (χ1n) is 8.05. The van der Waals surface area contributed by atoms with Crippen molar-refractivity contribution in [2.24, 2.45) is 0 Å². The number of hydrogen-bond donors (Lipinski definition) is 1. The minimum atomic E-state index is -1.21. The first-order chi connectivity index (χ1) is 12.6. The lowest BCUT2D eigenvalue weighted by atomic mass is 10.1. The topological polar surface area (TPSA) is 143 Å². The van der Waals surface area contributed by atoms with Crippen LogP contribution in [0.25, 0.3) is 0 Å². The van der Waals surface area contributed by atoms with Crippen molar-refractivity contribution in [1.29, 1.82) is 0 Å². The summed E-state index contributed by atoms with van der Waals surface area (Å²) < 4.78 is 22.1. The summed E-state index contributed by atoms with van der Waals surface area (Å²) in [6.07, 6.45) is -3.29. The van der Waals surface area contributed by atoms with Crippen LogP contribution in [0, 0.1) is 6.92 Å². The van der Waals surface area contributed by atoms with Gasteiger partial charge in [0, 0.05) is 32.5 Å². The number of nitrogens with one attached hydrogen (secondary N) is 1. The molecule has 11 nitrogen and oxygen atoms in total. The van der Waals surface area contributed by atoms with Gasteiger partial charge in [0.25, 0.3) is 5.56 Å². The van der Waals surface area contributed by atoms with Crippen LogP contribution in [0.3, 0.4) is 0 Å². The van der Waals surface area contributed by atoms with E-state index >= 15 is 0 Å². The number of esters is 3. The number of aromatic nitrogens is 2. The van der Waals surface area contributed by atoms with Crippen LogP contribution >= 0.6 is 0 Å². The zero-order valence-corrected chi connectivity index (χ0v) is 15.2. The Morgan fingerprint density at radius 2 is 1.67 bits per heavy atom. The van der Waals surface area contributed by atoms with Crippen LogP contribution in [-0.4, -0.2) is 52.4 Å². The van der Waals surface area contributed by atoms with Crippen molar-refractivity contribution in [3.05, 3.63) is 32.6 Å². The Bertz CT molecular complexity index is 856. The summed E-state index contributed by atoms with van der Waals surface area (Å²) >= 11 is 0. The standard InChI is InChI=1S/C16H20N2O9/c1-7-5-18(16(23)17-14(7)22)15-13(26-10(4)21)12(25-9(3)20)11(27-15)6-24-8(2)19/h5,11-13,15H,6H2,1-4H3,(H,17,22,23)/t11-,12+,13?,15-/m1/s1.